The second kappa shape index (κ2) is 6.23. The third-order valence-corrected chi connectivity index (χ3v) is 6.20. The number of nitrogens with two attached hydrogens (primary N) is 1. The Morgan fingerprint density at radius 3 is 2.61 bits per heavy atom. The molecule has 4 N–H and O–H groups in total. The standard InChI is InChI=1S/C19H18FN5O6/c1-6-5-25-12-8(3-9-11(15(21)26)24-31-13(9)10(12)20)4-19(14(25)7(2)30-6)16(27)22-18(29)23-17(19)28/h3,6-7,14H,4-5H2,1-2H3,(H2,21,26)(H2,22,23,27,28,29)/t6-,7+,14-/m0/s1. The van der Waals surface area contributed by atoms with Crippen molar-refractivity contribution in [3.8, 4) is 0 Å². The minimum absolute atomic E-state index is 0.0411. The highest BCUT2D eigenvalue weighted by Gasteiger charge is 2.63. The Labute approximate surface area is 174 Å². The zero-order valence-corrected chi connectivity index (χ0v) is 16.5. The summed E-state index contributed by atoms with van der Waals surface area (Å²) in [6, 6.07) is -0.369. The molecule has 2 aromatic rings. The highest BCUT2D eigenvalue weighted by atomic mass is 19.1. The van der Waals surface area contributed by atoms with E-state index in [2.05, 4.69) is 15.8 Å². The molecule has 31 heavy (non-hydrogen) atoms. The van der Waals surface area contributed by atoms with Crippen molar-refractivity contribution in [1.29, 1.82) is 0 Å². The van der Waals surface area contributed by atoms with E-state index in [1.165, 1.54) is 6.07 Å². The van der Waals surface area contributed by atoms with Gasteiger partial charge in [0.2, 0.25) is 17.4 Å². The van der Waals surface area contributed by atoms with Crippen molar-refractivity contribution in [3.63, 3.8) is 0 Å². The van der Waals surface area contributed by atoms with E-state index in [1.54, 1.807) is 18.7 Å². The van der Waals surface area contributed by atoms with E-state index in [1.807, 2.05) is 0 Å². The van der Waals surface area contributed by atoms with Gasteiger partial charge < -0.3 is 19.9 Å². The third kappa shape index (κ3) is 2.45. The fourth-order valence-electron chi connectivity index (χ4n) is 5.13. The Morgan fingerprint density at radius 2 is 1.97 bits per heavy atom. The molecule has 3 aliphatic heterocycles. The summed E-state index contributed by atoms with van der Waals surface area (Å²) in [5, 5.41) is 7.91. The number of carbonyl (C=O) groups excluding carboxylic acids is 4. The molecule has 11 nitrogen and oxygen atoms in total. The van der Waals surface area contributed by atoms with Crippen LogP contribution in [-0.2, 0) is 20.7 Å². The van der Waals surface area contributed by atoms with Gasteiger partial charge in [-0.05, 0) is 25.5 Å². The van der Waals surface area contributed by atoms with Gasteiger partial charge >= 0.3 is 6.03 Å². The van der Waals surface area contributed by atoms with Crippen LogP contribution in [0.5, 0.6) is 0 Å². The van der Waals surface area contributed by atoms with E-state index < -0.39 is 47.1 Å². The number of halogens is 1. The van der Waals surface area contributed by atoms with Gasteiger partial charge in [-0.3, -0.25) is 25.0 Å². The lowest BCUT2D eigenvalue weighted by Crippen LogP contribution is -2.75. The Balaban J connectivity index is 1.80. The predicted molar refractivity (Wildman–Crippen MR) is 101 cm³/mol. The first-order valence-electron chi connectivity index (χ1n) is 9.64. The predicted octanol–water partition coefficient (Wildman–Crippen LogP) is -0.0435. The van der Waals surface area contributed by atoms with Crippen LogP contribution in [-0.4, -0.2) is 53.7 Å². The number of ether oxygens (including phenoxy) is 1. The monoisotopic (exact) mass is 431 g/mol. The maximum Gasteiger partial charge on any atom is 0.328 e. The molecule has 4 heterocycles. The number of rotatable bonds is 1. The van der Waals surface area contributed by atoms with Gasteiger partial charge in [0.05, 0.1) is 29.3 Å². The molecule has 1 aromatic heterocycles. The Kier molecular flexibility index (Phi) is 3.91. The zero-order chi connectivity index (χ0) is 22.2. The van der Waals surface area contributed by atoms with E-state index in [0.717, 1.165) is 0 Å². The van der Waals surface area contributed by atoms with Gasteiger partial charge in [0.15, 0.2) is 16.9 Å². The molecule has 0 saturated carbocycles. The number of nitrogens with one attached hydrogen (secondary N) is 2. The van der Waals surface area contributed by atoms with Crippen molar-refractivity contribution < 1.29 is 32.8 Å². The molecule has 5 amide bonds. The number of hydrogen-bond donors (Lipinski definition) is 3. The summed E-state index contributed by atoms with van der Waals surface area (Å²) < 4.78 is 26.6. The molecule has 0 radical (unpaired) electrons. The number of urea groups is 1. The van der Waals surface area contributed by atoms with E-state index in [4.69, 9.17) is 15.0 Å². The smallest absolute Gasteiger partial charge is 0.328 e. The molecule has 0 unspecified atom stereocenters. The summed E-state index contributed by atoms with van der Waals surface area (Å²) in [6.45, 7) is 3.65. The number of primary amides is 1. The van der Waals surface area contributed by atoms with Crippen molar-refractivity contribution in [2.45, 2.75) is 38.5 Å². The molecule has 3 aliphatic rings. The summed E-state index contributed by atoms with van der Waals surface area (Å²) in [5.74, 6) is -3.28. The van der Waals surface area contributed by atoms with Crippen LogP contribution >= 0.6 is 0 Å². The summed E-state index contributed by atoms with van der Waals surface area (Å²) in [6.07, 6.45) is -1.21. The number of carbonyl (C=O) groups is 4. The Hall–Kier alpha value is -3.54. The quantitative estimate of drug-likeness (QED) is 0.531. The first kappa shape index (κ1) is 19.4. The molecular weight excluding hydrogens is 413 g/mol. The number of imide groups is 2. The first-order chi connectivity index (χ1) is 14.6. The molecule has 162 valence electrons. The molecule has 0 bridgehead atoms. The second-order valence-corrected chi connectivity index (χ2v) is 8.10. The van der Waals surface area contributed by atoms with E-state index in [-0.39, 0.29) is 47.0 Å². The number of amides is 5. The van der Waals surface area contributed by atoms with Crippen LogP contribution in [0.4, 0.5) is 14.9 Å². The number of morpholine rings is 1. The van der Waals surface area contributed by atoms with Crippen LogP contribution in [0.2, 0.25) is 0 Å². The summed E-state index contributed by atoms with van der Waals surface area (Å²) in [7, 11) is 0. The van der Waals surface area contributed by atoms with Crippen molar-refractivity contribution in [3.05, 3.63) is 23.1 Å². The van der Waals surface area contributed by atoms with Gasteiger partial charge in [0.1, 0.15) is 0 Å². The SMILES string of the molecule is C[C@H]1CN2c3c(cc4c(C(N)=O)noc4c3F)CC3(C(=O)NC(=O)NC3=O)[C@@H]2[C@@H](C)O1. The maximum absolute atomic E-state index is 15.6. The van der Waals surface area contributed by atoms with Crippen molar-refractivity contribution in [1.82, 2.24) is 15.8 Å². The van der Waals surface area contributed by atoms with Crippen molar-refractivity contribution >= 4 is 40.4 Å². The topological polar surface area (TPSA) is 157 Å². The van der Waals surface area contributed by atoms with Crippen LogP contribution in [0.15, 0.2) is 10.6 Å². The van der Waals surface area contributed by atoms with E-state index in [9.17, 15) is 19.2 Å². The van der Waals surface area contributed by atoms with Crippen LogP contribution in [0, 0.1) is 11.2 Å². The van der Waals surface area contributed by atoms with Crippen LogP contribution in [0.1, 0.15) is 29.9 Å². The highest BCUT2D eigenvalue weighted by Crippen LogP contribution is 2.49. The molecule has 3 atom stereocenters. The fourth-order valence-corrected chi connectivity index (χ4v) is 5.13. The molecule has 1 aromatic carbocycles. The van der Waals surface area contributed by atoms with Crippen LogP contribution in [0.25, 0.3) is 11.0 Å². The van der Waals surface area contributed by atoms with Gasteiger partial charge in [0, 0.05) is 13.0 Å². The highest BCUT2D eigenvalue weighted by molar-refractivity contribution is 6.20. The minimum Gasteiger partial charge on any atom is -0.372 e. The minimum atomic E-state index is -1.76. The van der Waals surface area contributed by atoms with E-state index in [0.29, 0.717) is 0 Å². The number of benzene rings is 1. The average molecular weight is 431 g/mol. The second-order valence-electron chi connectivity index (χ2n) is 8.10. The first-order valence-corrected chi connectivity index (χ1v) is 9.64. The largest absolute Gasteiger partial charge is 0.372 e. The van der Waals surface area contributed by atoms with Gasteiger partial charge in [-0.25, -0.2) is 9.18 Å². The summed E-state index contributed by atoms with van der Waals surface area (Å²) >= 11 is 0. The number of anilines is 1. The van der Waals surface area contributed by atoms with Gasteiger partial charge in [-0.2, -0.15) is 0 Å². The fraction of sp³-hybridized carbons (Fsp3) is 0.421. The van der Waals surface area contributed by atoms with Crippen molar-refractivity contribution in [2.24, 2.45) is 11.1 Å². The number of barbiturate groups is 1. The van der Waals surface area contributed by atoms with Crippen molar-refractivity contribution in [2.75, 3.05) is 11.4 Å². The lowest BCUT2D eigenvalue weighted by molar-refractivity contribution is -0.153. The molecule has 1 spiro atoms. The van der Waals surface area contributed by atoms with E-state index >= 15 is 4.39 Å². The molecule has 0 aliphatic carbocycles. The van der Waals surface area contributed by atoms with Gasteiger partial charge in [-0.1, -0.05) is 5.16 Å². The molecule has 5 rings (SSSR count). The Bertz CT molecular complexity index is 1170. The Morgan fingerprint density at radius 1 is 1.29 bits per heavy atom. The molecule has 2 fully saturated rings. The summed E-state index contributed by atoms with van der Waals surface area (Å²) in [5.41, 5.74) is 3.46. The normalized spacial score (nSPS) is 27.0. The lowest BCUT2D eigenvalue weighted by atomic mass is 9.66. The van der Waals surface area contributed by atoms with Crippen LogP contribution < -0.4 is 21.3 Å². The number of fused-ring (bicyclic) bond motifs is 5. The maximum atomic E-state index is 15.6. The third-order valence-electron chi connectivity index (χ3n) is 6.20. The zero-order valence-electron chi connectivity index (χ0n) is 16.5. The van der Waals surface area contributed by atoms with Crippen LogP contribution in [0.3, 0.4) is 0 Å². The number of aromatic nitrogens is 1. The van der Waals surface area contributed by atoms with Gasteiger partial charge in [-0.15, -0.1) is 0 Å². The number of nitrogens with zero attached hydrogens (tertiary/aromatic N) is 2. The average Bonchev–Trinajstić information content (AvgIpc) is 3.09. The molecular formula is C19H18FN5O6. The molecule has 2 saturated heterocycles. The number of hydrogen-bond acceptors (Lipinski definition) is 8. The van der Waals surface area contributed by atoms with Gasteiger partial charge in [0.25, 0.3) is 5.91 Å². The lowest BCUT2D eigenvalue weighted by Gasteiger charge is -2.55. The molecule has 12 heteroatoms. The summed E-state index contributed by atoms with van der Waals surface area (Å²) in [4.78, 5) is 51.2.